The van der Waals surface area contributed by atoms with Gasteiger partial charge in [-0.25, -0.2) is 4.98 Å². The highest BCUT2D eigenvalue weighted by molar-refractivity contribution is 6.11. The zero-order valence-electron chi connectivity index (χ0n) is 45.1. The third-order valence-electron chi connectivity index (χ3n) is 15.0. The molecular weight excluding hydrogens is 889 g/mol. The van der Waals surface area contributed by atoms with Crippen LogP contribution in [0, 0.1) is 6.33 Å². The van der Waals surface area contributed by atoms with Crippen molar-refractivity contribution in [1.82, 2.24) is 14.1 Å². The van der Waals surface area contributed by atoms with E-state index in [1.165, 1.54) is 44.2 Å². The van der Waals surface area contributed by atoms with Gasteiger partial charge in [0.25, 0.3) is 6.33 Å². The van der Waals surface area contributed by atoms with Crippen molar-refractivity contribution in [3.8, 4) is 39.8 Å². The first-order valence-electron chi connectivity index (χ1n) is 25.9. The van der Waals surface area contributed by atoms with Gasteiger partial charge in [-0.05, 0) is 115 Å². The molecule has 0 aliphatic heterocycles. The maximum Gasteiger partial charge on any atom is 0.269 e. The van der Waals surface area contributed by atoms with Crippen LogP contribution in [-0.4, -0.2) is 14.1 Å². The van der Waals surface area contributed by atoms with Crippen molar-refractivity contribution in [3.05, 3.63) is 234 Å². The average Bonchev–Trinajstić information content (AvgIpc) is 3.97. The summed E-state index contributed by atoms with van der Waals surface area (Å²) in [5.41, 5.74) is 13.8. The minimum absolute atomic E-state index is 0.0535. The summed E-state index contributed by atoms with van der Waals surface area (Å²) in [6.07, 6.45) is 8.14. The van der Waals surface area contributed by atoms with Crippen LogP contribution in [0.3, 0.4) is 0 Å². The highest BCUT2D eigenvalue weighted by atomic mass is 16.5. The van der Waals surface area contributed by atoms with Gasteiger partial charge in [-0.2, -0.15) is 0 Å². The first-order chi connectivity index (χ1) is 34.6. The molecule has 0 radical (unpaired) electrons. The van der Waals surface area contributed by atoms with Gasteiger partial charge in [0, 0.05) is 40.1 Å². The van der Waals surface area contributed by atoms with Crippen LogP contribution in [0.15, 0.2) is 188 Å². The number of hydrogen-bond acceptors (Lipinski definition) is 2. The summed E-state index contributed by atoms with van der Waals surface area (Å²) in [5.74, 6) is 2.33. The number of aromatic nitrogens is 4. The molecular formula is C68H70N4O. The number of benzene rings is 7. The number of ether oxygens (including phenoxy) is 1. The van der Waals surface area contributed by atoms with E-state index in [1.807, 2.05) is 6.20 Å². The second kappa shape index (κ2) is 18.2. The Morgan fingerprint density at radius 2 is 1.03 bits per heavy atom. The summed E-state index contributed by atoms with van der Waals surface area (Å²) >= 11 is 0. The van der Waals surface area contributed by atoms with E-state index in [4.69, 9.17) is 9.72 Å². The predicted molar refractivity (Wildman–Crippen MR) is 303 cm³/mol. The van der Waals surface area contributed by atoms with Gasteiger partial charge in [-0.3, -0.25) is 13.7 Å². The Balaban J connectivity index is 1.22. The molecule has 0 atom stereocenters. The average molecular weight is 959 g/mol. The van der Waals surface area contributed by atoms with E-state index in [1.54, 1.807) is 0 Å². The fraction of sp³-hybridized carbons (Fsp3) is 0.265. The molecule has 3 aromatic heterocycles. The van der Waals surface area contributed by atoms with E-state index >= 15 is 0 Å². The van der Waals surface area contributed by atoms with E-state index in [0.717, 1.165) is 56.5 Å². The molecule has 0 bridgehead atoms. The molecule has 5 nitrogen and oxygen atoms in total. The molecule has 5 heteroatoms. The second-order valence-corrected chi connectivity index (χ2v) is 24.1. The summed E-state index contributed by atoms with van der Waals surface area (Å²) in [6.45, 7) is 29.8. The molecule has 0 saturated heterocycles. The molecule has 368 valence electrons. The number of rotatable bonds is 10. The van der Waals surface area contributed by atoms with Crippen LogP contribution in [-0.2, 0) is 27.1 Å². The maximum atomic E-state index is 7.39. The smallest absolute Gasteiger partial charge is 0.269 e. The van der Waals surface area contributed by atoms with Gasteiger partial charge in [0.2, 0.25) is 0 Å². The predicted octanol–water partition coefficient (Wildman–Crippen LogP) is 17.0. The Morgan fingerprint density at radius 3 is 1.64 bits per heavy atom. The number of pyridine rings is 1. The first-order valence-corrected chi connectivity index (χ1v) is 25.9. The van der Waals surface area contributed by atoms with E-state index in [-0.39, 0.29) is 16.2 Å². The van der Waals surface area contributed by atoms with Crippen LogP contribution in [0.4, 0.5) is 0 Å². The van der Waals surface area contributed by atoms with Crippen molar-refractivity contribution in [2.45, 2.75) is 117 Å². The Bertz CT molecular complexity index is 3600. The van der Waals surface area contributed by atoms with Crippen molar-refractivity contribution in [1.29, 1.82) is 0 Å². The van der Waals surface area contributed by atoms with Crippen LogP contribution >= 0.6 is 0 Å². The monoisotopic (exact) mass is 959 g/mol. The zero-order chi connectivity index (χ0) is 51.7. The van der Waals surface area contributed by atoms with E-state index in [2.05, 4.69) is 292 Å². The molecule has 0 unspecified atom stereocenters. The minimum atomic E-state index is -0.421. The van der Waals surface area contributed by atoms with E-state index in [9.17, 15) is 0 Å². The summed E-state index contributed by atoms with van der Waals surface area (Å²) in [6, 6.07) is 63.6. The molecule has 0 fully saturated rings. The van der Waals surface area contributed by atoms with Gasteiger partial charge in [0.15, 0.2) is 0 Å². The Morgan fingerprint density at radius 1 is 0.466 bits per heavy atom. The SMILES string of the molecule is CC(C)(C)c1cc(-[n+]2[c-]n(-c3cc(Oc4cc(C(C)(C)c5ccccc5)c5c6ccccc6n(-c6cc(C(C)(C)C)ccn6)c5c4)cc(-c4ccccc4)c3)c(C(C)(C)c3ccccc3)c2)cc(C(C)(C)C)c1. The van der Waals surface area contributed by atoms with Crippen LogP contribution in [0.2, 0.25) is 0 Å². The van der Waals surface area contributed by atoms with Crippen LogP contribution in [0.1, 0.15) is 129 Å². The third-order valence-corrected chi connectivity index (χ3v) is 15.0. The summed E-state index contributed by atoms with van der Waals surface area (Å²) in [7, 11) is 0. The topological polar surface area (TPSA) is 35.9 Å². The van der Waals surface area contributed by atoms with Gasteiger partial charge >= 0.3 is 0 Å². The van der Waals surface area contributed by atoms with Crippen molar-refractivity contribution >= 4 is 21.8 Å². The number of hydrogen-bond donors (Lipinski definition) is 0. The van der Waals surface area contributed by atoms with Gasteiger partial charge < -0.3 is 4.74 Å². The molecule has 73 heavy (non-hydrogen) atoms. The molecule has 0 aliphatic carbocycles. The molecule has 10 aromatic rings. The summed E-state index contributed by atoms with van der Waals surface area (Å²) < 4.78 is 14.2. The summed E-state index contributed by atoms with van der Waals surface area (Å²) in [4.78, 5) is 5.07. The van der Waals surface area contributed by atoms with E-state index in [0.29, 0.717) is 0 Å². The van der Waals surface area contributed by atoms with Crippen molar-refractivity contribution in [2.24, 2.45) is 0 Å². The third kappa shape index (κ3) is 9.43. The molecule has 3 heterocycles. The van der Waals surface area contributed by atoms with Gasteiger partial charge in [-0.15, -0.1) is 0 Å². The normalized spacial score (nSPS) is 12.7. The number of para-hydroxylation sites is 1. The first kappa shape index (κ1) is 49.1. The molecule has 0 N–H and O–H groups in total. The Kier molecular flexibility index (Phi) is 12.2. The largest absolute Gasteiger partial charge is 0.458 e. The van der Waals surface area contributed by atoms with Crippen LogP contribution in [0.5, 0.6) is 11.5 Å². The fourth-order valence-electron chi connectivity index (χ4n) is 10.4. The molecule has 0 spiro atoms. The summed E-state index contributed by atoms with van der Waals surface area (Å²) in [5, 5.41) is 2.36. The number of nitrogens with zero attached hydrogens (tertiary/aromatic N) is 4. The van der Waals surface area contributed by atoms with Gasteiger partial charge in [-0.1, -0.05) is 205 Å². The Hall–Kier alpha value is -7.50. The van der Waals surface area contributed by atoms with E-state index < -0.39 is 10.8 Å². The quantitative estimate of drug-likeness (QED) is 0.101. The zero-order valence-corrected chi connectivity index (χ0v) is 45.1. The highest BCUT2D eigenvalue weighted by Crippen LogP contribution is 2.45. The lowest BCUT2D eigenvalue weighted by Gasteiger charge is -2.28. The minimum Gasteiger partial charge on any atom is -0.458 e. The maximum absolute atomic E-state index is 7.39. The van der Waals surface area contributed by atoms with Crippen molar-refractivity contribution < 1.29 is 9.30 Å². The lowest BCUT2D eigenvalue weighted by atomic mass is 9.76. The van der Waals surface area contributed by atoms with Gasteiger partial charge in [0.05, 0.1) is 28.1 Å². The number of imidazole rings is 1. The van der Waals surface area contributed by atoms with Crippen molar-refractivity contribution in [3.63, 3.8) is 0 Å². The highest BCUT2D eigenvalue weighted by Gasteiger charge is 2.32. The van der Waals surface area contributed by atoms with Crippen LogP contribution in [0.25, 0.3) is 50.1 Å². The standard InChI is InChI=1S/C68H70N4O/c1-64(2,3)50-33-34-69-62(40-50)72-59-32-24-23-31-57(59)63-58(67(10,11)48-27-19-15-20-28-48)42-56(43-60(63)72)73-55-36-47(46-25-17-14-18-26-46)35-54(41-55)71-45-70(44-61(71)68(12,13)49-29-21-16-22-30-49)53-38-51(65(4,5)6)37-52(39-53)66(7,8)9/h14-44H,1-13H3. The second-order valence-electron chi connectivity index (χ2n) is 24.1. The fourth-order valence-corrected chi connectivity index (χ4v) is 10.4. The lowest BCUT2D eigenvalue weighted by Crippen LogP contribution is -2.30. The molecule has 0 saturated carbocycles. The molecule has 0 aliphatic rings. The van der Waals surface area contributed by atoms with Crippen LogP contribution < -0.4 is 9.30 Å². The molecule has 10 rings (SSSR count). The Labute approximate surface area is 433 Å². The number of fused-ring (bicyclic) bond motifs is 3. The molecule has 0 amide bonds. The molecule has 7 aromatic carbocycles. The van der Waals surface area contributed by atoms with Gasteiger partial charge in [0.1, 0.15) is 17.3 Å². The van der Waals surface area contributed by atoms with Crippen molar-refractivity contribution in [2.75, 3.05) is 0 Å². The lowest BCUT2D eigenvalue weighted by molar-refractivity contribution is -0.599.